The molecule has 2 nitrogen and oxygen atoms in total. The quantitative estimate of drug-likeness (QED) is 0.214. The maximum atomic E-state index is 14.3. The second-order valence-electron chi connectivity index (χ2n) is 8.39. The molecule has 0 aromatic heterocycles. The molecule has 0 saturated heterocycles. The van der Waals surface area contributed by atoms with Gasteiger partial charge in [-0.3, -0.25) is 9.59 Å². The smallest absolute Gasteiger partial charge is 0.196 e. The number of ketones is 2. The molecular formula is C32H20O2S3. The molecule has 0 spiro atoms. The van der Waals surface area contributed by atoms with Crippen LogP contribution in [0, 0.1) is 0 Å². The Hall–Kier alpha value is -3.51. The van der Waals surface area contributed by atoms with Crippen LogP contribution in [0.3, 0.4) is 0 Å². The van der Waals surface area contributed by atoms with Crippen LogP contribution in [0.4, 0.5) is 0 Å². The Balaban J connectivity index is 1.51. The summed E-state index contributed by atoms with van der Waals surface area (Å²) in [5.74, 6) is -0.202. The zero-order valence-electron chi connectivity index (χ0n) is 19.6. The van der Waals surface area contributed by atoms with E-state index >= 15 is 0 Å². The predicted octanol–water partition coefficient (Wildman–Crippen LogP) is 8.92. The van der Waals surface area contributed by atoms with Crippen molar-refractivity contribution in [2.24, 2.45) is 0 Å². The van der Waals surface area contributed by atoms with Crippen LogP contribution in [0.25, 0.3) is 0 Å². The molecule has 5 aromatic rings. The average molecular weight is 533 g/mol. The number of benzene rings is 5. The van der Waals surface area contributed by atoms with E-state index in [1.807, 2.05) is 115 Å². The second kappa shape index (κ2) is 10.5. The van der Waals surface area contributed by atoms with Crippen LogP contribution >= 0.6 is 35.3 Å². The van der Waals surface area contributed by atoms with E-state index in [1.54, 1.807) is 6.07 Å². The van der Waals surface area contributed by atoms with Crippen molar-refractivity contribution in [1.82, 2.24) is 0 Å². The zero-order valence-corrected chi connectivity index (χ0v) is 22.0. The Kier molecular flexibility index (Phi) is 6.75. The van der Waals surface area contributed by atoms with Crippen molar-refractivity contribution in [3.05, 3.63) is 144 Å². The summed E-state index contributed by atoms with van der Waals surface area (Å²) in [6.07, 6.45) is 0. The minimum atomic E-state index is -0.103. The zero-order chi connectivity index (χ0) is 25.2. The van der Waals surface area contributed by atoms with E-state index in [4.69, 9.17) is 0 Å². The van der Waals surface area contributed by atoms with Crippen LogP contribution in [-0.4, -0.2) is 11.6 Å². The van der Waals surface area contributed by atoms with E-state index in [1.165, 1.54) is 35.3 Å². The standard InChI is InChI=1S/C32H20O2S3/c33-31-24-17-10-18-25(35-21-11-4-1-5-12-21)28(24)32(34)30-27(37-23-15-8-3-9-16-23)20-19-26(29(30)31)36-22-13-6-2-7-14-22/h1-20H. The summed E-state index contributed by atoms with van der Waals surface area (Å²) < 4.78 is 0. The largest absolute Gasteiger partial charge is 0.289 e. The normalized spacial score (nSPS) is 12.2. The minimum absolute atomic E-state index is 0.0995. The molecular weight excluding hydrogens is 513 g/mol. The molecule has 0 radical (unpaired) electrons. The fourth-order valence-corrected chi connectivity index (χ4v) is 7.29. The minimum Gasteiger partial charge on any atom is -0.289 e. The van der Waals surface area contributed by atoms with Gasteiger partial charge in [0.25, 0.3) is 0 Å². The molecule has 5 aromatic carbocycles. The highest BCUT2D eigenvalue weighted by Gasteiger charge is 2.36. The van der Waals surface area contributed by atoms with Gasteiger partial charge in [0, 0.05) is 51.6 Å². The lowest BCUT2D eigenvalue weighted by Crippen LogP contribution is -2.23. The van der Waals surface area contributed by atoms with Crippen LogP contribution in [0.5, 0.6) is 0 Å². The summed E-state index contributed by atoms with van der Waals surface area (Å²) in [6, 6.07) is 39.4. The monoisotopic (exact) mass is 532 g/mol. The second-order valence-corrected chi connectivity index (χ2v) is 11.7. The number of carbonyl (C=O) groups is 2. The maximum Gasteiger partial charge on any atom is 0.196 e. The predicted molar refractivity (Wildman–Crippen MR) is 151 cm³/mol. The van der Waals surface area contributed by atoms with E-state index in [2.05, 4.69) is 0 Å². The Morgan fingerprint density at radius 1 is 0.351 bits per heavy atom. The van der Waals surface area contributed by atoms with Gasteiger partial charge in [0.2, 0.25) is 0 Å². The van der Waals surface area contributed by atoms with E-state index in [-0.39, 0.29) is 11.6 Å². The van der Waals surface area contributed by atoms with Crippen molar-refractivity contribution < 1.29 is 9.59 Å². The Morgan fingerprint density at radius 2 is 0.757 bits per heavy atom. The van der Waals surface area contributed by atoms with Gasteiger partial charge in [-0.1, -0.05) is 102 Å². The Morgan fingerprint density at radius 3 is 1.22 bits per heavy atom. The molecule has 1 aliphatic carbocycles. The van der Waals surface area contributed by atoms with Gasteiger partial charge in [-0.25, -0.2) is 0 Å². The average Bonchev–Trinajstić information content (AvgIpc) is 2.94. The Labute approximate surface area is 228 Å². The van der Waals surface area contributed by atoms with E-state index in [0.29, 0.717) is 22.3 Å². The van der Waals surface area contributed by atoms with Gasteiger partial charge in [-0.05, 0) is 54.6 Å². The van der Waals surface area contributed by atoms with Gasteiger partial charge in [0.15, 0.2) is 11.6 Å². The molecule has 0 heterocycles. The first-order chi connectivity index (χ1) is 18.2. The summed E-state index contributed by atoms with van der Waals surface area (Å²) in [6.45, 7) is 0. The highest BCUT2D eigenvalue weighted by Crippen LogP contribution is 2.45. The molecule has 0 fully saturated rings. The molecule has 0 unspecified atom stereocenters. The maximum absolute atomic E-state index is 14.3. The van der Waals surface area contributed by atoms with Crippen LogP contribution in [0.1, 0.15) is 31.8 Å². The van der Waals surface area contributed by atoms with Gasteiger partial charge in [-0.15, -0.1) is 0 Å². The van der Waals surface area contributed by atoms with Crippen LogP contribution in [-0.2, 0) is 0 Å². The molecule has 0 aliphatic heterocycles. The fourth-order valence-electron chi connectivity index (χ4n) is 4.33. The van der Waals surface area contributed by atoms with Gasteiger partial charge < -0.3 is 0 Å². The number of carbonyl (C=O) groups excluding carboxylic acids is 2. The third-order valence-electron chi connectivity index (χ3n) is 5.99. The highest BCUT2D eigenvalue weighted by molar-refractivity contribution is 8.00. The Bertz CT molecular complexity index is 1620. The summed E-state index contributed by atoms with van der Waals surface area (Å²) in [4.78, 5) is 33.8. The molecule has 178 valence electrons. The topological polar surface area (TPSA) is 34.1 Å². The first-order valence-corrected chi connectivity index (χ1v) is 14.2. The number of hydrogen-bond donors (Lipinski definition) is 0. The van der Waals surface area contributed by atoms with E-state index in [0.717, 1.165) is 29.4 Å². The molecule has 0 amide bonds. The van der Waals surface area contributed by atoms with Gasteiger partial charge in [0.05, 0.1) is 0 Å². The highest BCUT2D eigenvalue weighted by atomic mass is 32.2. The number of rotatable bonds is 6. The summed E-state index contributed by atoms with van der Waals surface area (Å²) in [5.41, 5.74) is 1.95. The summed E-state index contributed by atoms with van der Waals surface area (Å²) in [5, 5.41) is 0. The molecule has 1 aliphatic rings. The van der Waals surface area contributed by atoms with Crippen molar-refractivity contribution >= 4 is 46.9 Å². The van der Waals surface area contributed by atoms with Crippen LogP contribution in [0.2, 0.25) is 0 Å². The molecule has 6 rings (SSSR count). The summed E-state index contributed by atoms with van der Waals surface area (Å²) in [7, 11) is 0. The first kappa shape index (κ1) is 23.9. The number of fused-ring (bicyclic) bond motifs is 2. The third kappa shape index (κ3) is 4.78. The number of hydrogen-bond acceptors (Lipinski definition) is 5. The van der Waals surface area contributed by atoms with Crippen molar-refractivity contribution in [1.29, 1.82) is 0 Å². The molecule has 5 heteroatoms. The third-order valence-corrected chi connectivity index (χ3v) is 9.20. The van der Waals surface area contributed by atoms with Crippen molar-refractivity contribution in [3.8, 4) is 0 Å². The first-order valence-electron chi connectivity index (χ1n) is 11.8. The molecule has 37 heavy (non-hydrogen) atoms. The molecule has 0 N–H and O–H groups in total. The van der Waals surface area contributed by atoms with Crippen LogP contribution < -0.4 is 0 Å². The molecule has 0 saturated carbocycles. The molecule has 0 bridgehead atoms. The lowest BCUT2D eigenvalue weighted by molar-refractivity contribution is 0.0972. The van der Waals surface area contributed by atoms with Crippen molar-refractivity contribution in [3.63, 3.8) is 0 Å². The lowest BCUT2D eigenvalue weighted by atomic mass is 9.84. The SMILES string of the molecule is O=C1c2cccc(Sc3ccccc3)c2C(=O)c2c(Sc3ccccc3)ccc(Sc3ccccc3)c21. The van der Waals surface area contributed by atoms with Crippen molar-refractivity contribution in [2.75, 3.05) is 0 Å². The van der Waals surface area contributed by atoms with E-state index in [9.17, 15) is 9.59 Å². The van der Waals surface area contributed by atoms with Crippen molar-refractivity contribution in [2.45, 2.75) is 29.4 Å². The van der Waals surface area contributed by atoms with Crippen LogP contribution in [0.15, 0.2) is 151 Å². The van der Waals surface area contributed by atoms with Gasteiger partial charge in [0.1, 0.15) is 0 Å². The summed E-state index contributed by atoms with van der Waals surface area (Å²) >= 11 is 4.55. The van der Waals surface area contributed by atoms with E-state index < -0.39 is 0 Å². The van der Waals surface area contributed by atoms with Gasteiger partial charge >= 0.3 is 0 Å². The molecule has 0 atom stereocenters. The lowest BCUT2D eigenvalue weighted by Gasteiger charge is -2.24. The fraction of sp³-hybridized carbons (Fsp3) is 0. The van der Waals surface area contributed by atoms with Gasteiger partial charge in [-0.2, -0.15) is 0 Å².